The summed E-state index contributed by atoms with van der Waals surface area (Å²) in [6.07, 6.45) is 1.93. The quantitative estimate of drug-likeness (QED) is 0.493. The van der Waals surface area contributed by atoms with E-state index in [-0.39, 0.29) is 12.3 Å². The number of anilines is 1. The van der Waals surface area contributed by atoms with Crippen molar-refractivity contribution in [2.45, 2.75) is 6.42 Å². The topological polar surface area (TPSA) is 33.5 Å². The number of carbonyl (C=O) groups is 1. The van der Waals surface area contributed by atoms with Gasteiger partial charge in [-0.05, 0) is 29.0 Å². The first kappa shape index (κ1) is 15.7. The van der Waals surface area contributed by atoms with Crippen LogP contribution in [0.5, 0.6) is 0 Å². The van der Waals surface area contributed by atoms with Crippen LogP contribution in [-0.2, 0) is 11.2 Å². The summed E-state index contributed by atoms with van der Waals surface area (Å²) in [5.41, 5.74) is 2.38. The van der Waals surface area contributed by atoms with Crippen molar-refractivity contribution in [3.63, 3.8) is 0 Å². The molecule has 0 spiro atoms. The van der Waals surface area contributed by atoms with Crippen molar-refractivity contribution in [2.75, 3.05) is 11.9 Å². The predicted octanol–water partition coefficient (Wildman–Crippen LogP) is 5.44. The average Bonchev–Trinajstić information content (AvgIpc) is 3.05. The number of fused-ring (bicyclic) bond motifs is 3. The van der Waals surface area contributed by atoms with Gasteiger partial charge in [-0.1, -0.05) is 54.1 Å². The number of furan rings is 1. The van der Waals surface area contributed by atoms with E-state index in [2.05, 4.69) is 12.1 Å². The lowest BCUT2D eigenvalue weighted by Gasteiger charge is -2.18. The van der Waals surface area contributed by atoms with E-state index in [1.807, 2.05) is 42.5 Å². The molecule has 0 N–H and O–H groups in total. The van der Waals surface area contributed by atoms with Gasteiger partial charge in [0.05, 0.1) is 23.4 Å². The molecular weight excluding hydrogens is 334 g/mol. The van der Waals surface area contributed by atoms with E-state index >= 15 is 0 Å². The summed E-state index contributed by atoms with van der Waals surface area (Å²) in [6.45, 7) is 0. The fourth-order valence-corrected chi connectivity index (χ4v) is 3.41. The molecule has 3 nitrogen and oxygen atoms in total. The Morgan fingerprint density at radius 3 is 2.64 bits per heavy atom. The molecule has 0 saturated carbocycles. The maximum Gasteiger partial charge on any atom is 0.231 e. The lowest BCUT2D eigenvalue weighted by Crippen LogP contribution is -2.28. The molecule has 0 fully saturated rings. The SMILES string of the molecule is CN(C(=O)Cc1coc2ccc3ccccc3c12)c1ccccc1Cl. The van der Waals surface area contributed by atoms with E-state index in [9.17, 15) is 4.79 Å². The van der Waals surface area contributed by atoms with Gasteiger partial charge in [0.2, 0.25) is 5.91 Å². The standard InChI is InChI=1S/C21H16ClNO2/c1-23(18-9-5-4-8-17(18)22)20(24)12-15-13-25-19-11-10-14-6-2-3-7-16(14)21(15)19/h2-11,13H,12H2,1H3. The number of hydrogen-bond acceptors (Lipinski definition) is 2. The van der Waals surface area contributed by atoms with Crippen LogP contribution in [0.2, 0.25) is 5.02 Å². The summed E-state index contributed by atoms with van der Waals surface area (Å²) in [6, 6.07) is 19.4. The molecule has 0 aliphatic heterocycles. The summed E-state index contributed by atoms with van der Waals surface area (Å²) in [5.74, 6) is -0.0382. The van der Waals surface area contributed by atoms with Crippen molar-refractivity contribution >= 4 is 44.9 Å². The van der Waals surface area contributed by atoms with Gasteiger partial charge in [-0.15, -0.1) is 0 Å². The zero-order valence-corrected chi connectivity index (χ0v) is 14.5. The molecule has 25 heavy (non-hydrogen) atoms. The highest BCUT2D eigenvalue weighted by molar-refractivity contribution is 6.33. The normalized spacial score (nSPS) is 11.1. The highest BCUT2D eigenvalue weighted by Gasteiger charge is 2.18. The van der Waals surface area contributed by atoms with Crippen LogP contribution in [0, 0.1) is 0 Å². The van der Waals surface area contributed by atoms with Gasteiger partial charge in [0.15, 0.2) is 0 Å². The fourth-order valence-electron chi connectivity index (χ4n) is 3.14. The van der Waals surface area contributed by atoms with Crippen molar-refractivity contribution in [3.8, 4) is 0 Å². The van der Waals surface area contributed by atoms with Crippen LogP contribution in [0.25, 0.3) is 21.7 Å². The number of nitrogens with zero attached hydrogens (tertiary/aromatic N) is 1. The van der Waals surface area contributed by atoms with Crippen molar-refractivity contribution in [1.29, 1.82) is 0 Å². The second kappa shape index (κ2) is 6.26. The lowest BCUT2D eigenvalue weighted by atomic mass is 10.0. The Bertz CT molecular complexity index is 1080. The molecule has 0 aliphatic rings. The van der Waals surface area contributed by atoms with Gasteiger partial charge < -0.3 is 9.32 Å². The summed E-state index contributed by atoms with van der Waals surface area (Å²) < 4.78 is 5.67. The molecule has 0 bridgehead atoms. The number of benzene rings is 3. The van der Waals surface area contributed by atoms with Crippen molar-refractivity contribution < 1.29 is 9.21 Å². The largest absolute Gasteiger partial charge is 0.464 e. The molecule has 1 heterocycles. The van der Waals surface area contributed by atoms with Crippen molar-refractivity contribution in [3.05, 3.63) is 77.5 Å². The maximum absolute atomic E-state index is 12.8. The molecule has 3 aromatic carbocycles. The van der Waals surface area contributed by atoms with Crippen molar-refractivity contribution in [2.24, 2.45) is 0 Å². The Morgan fingerprint density at radius 2 is 1.80 bits per heavy atom. The van der Waals surface area contributed by atoms with Gasteiger partial charge in [0.25, 0.3) is 0 Å². The zero-order valence-electron chi connectivity index (χ0n) is 13.7. The highest BCUT2D eigenvalue weighted by atomic mass is 35.5. The molecule has 0 atom stereocenters. The minimum absolute atomic E-state index is 0.0382. The smallest absolute Gasteiger partial charge is 0.231 e. The Labute approximate surface area is 150 Å². The van der Waals surface area contributed by atoms with Crippen LogP contribution >= 0.6 is 11.6 Å². The van der Waals surface area contributed by atoms with Gasteiger partial charge in [-0.25, -0.2) is 0 Å². The molecule has 1 amide bonds. The number of amides is 1. The molecule has 4 rings (SSSR count). The van der Waals surface area contributed by atoms with Crippen LogP contribution in [0.4, 0.5) is 5.69 Å². The number of likely N-dealkylation sites (N-methyl/N-ethyl adjacent to an activating group) is 1. The number of carbonyl (C=O) groups excluding carboxylic acids is 1. The third-order valence-corrected chi connectivity index (χ3v) is 4.79. The van der Waals surface area contributed by atoms with Gasteiger partial charge >= 0.3 is 0 Å². The third kappa shape index (κ3) is 2.77. The molecule has 0 saturated heterocycles. The third-order valence-electron chi connectivity index (χ3n) is 4.47. The van der Waals surface area contributed by atoms with Crippen LogP contribution in [0.1, 0.15) is 5.56 Å². The summed E-state index contributed by atoms with van der Waals surface area (Å²) in [5, 5.41) is 3.78. The molecule has 0 radical (unpaired) electrons. The zero-order chi connectivity index (χ0) is 17.4. The number of hydrogen-bond donors (Lipinski definition) is 0. The Morgan fingerprint density at radius 1 is 1.04 bits per heavy atom. The van der Waals surface area contributed by atoms with E-state index in [4.69, 9.17) is 16.0 Å². The molecule has 0 unspecified atom stereocenters. The first-order chi connectivity index (χ1) is 12.1. The number of para-hydroxylation sites is 1. The minimum Gasteiger partial charge on any atom is -0.464 e. The molecule has 124 valence electrons. The predicted molar refractivity (Wildman–Crippen MR) is 102 cm³/mol. The van der Waals surface area contributed by atoms with E-state index in [0.717, 1.165) is 27.3 Å². The summed E-state index contributed by atoms with van der Waals surface area (Å²) >= 11 is 6.21. The minimum atomic E-state index is -0.0382. The Hall–Kier alpha value is -2.78. The van der Waals surface area contributed by atoms with E-state index in [0.29, 0.717) is 10.7 Å². The number of rotatable bonds is 3. The number of halogens is 1. The molecule has 0 aliphatic carbocycles. The molecule has 1 aromatic heterocycles. The van der Waals surface area contributed by atoms with Gasteiger partial charge in [0.1, 0.15) is 5.58 Å². The van der Waals surface area contributed by atoms with Crippen LogP contribution in [0.3, 0.4) is 0 Å². The second-order valence-corrected chi connectivity index (χ2v) is 6.41. The van der Waals surface area contributed by atoms with Gasteiger partial charge in [0, 0.05) is 18.0 Å². The van der Waals surface area contributed by atoms with E-state index < -0.39 is 0 Å². The average molecular weight is 350 g/mol. The van der Waals surface area contributed by atoms with Gasteiger partial charge in [-0.2, -0.15) is 0 Å². The van der Waals surface area contributed by atoms with Crippen LogP contribution < -0.4 is 4.90 Å². The molecule has 4 aromatic rings. The van der Waals surface area contributed by atoms with E-state index in [1.165, 1.54) is 0 Å². The molecule has 4 heteroatoms. The maximum atomic E-state index is 12.8. The Kier molecular flexibility index (Phi) is 3.94. The molecular formula is C21H16ClNO2. The van der Waals surface area contributed by atoms with Crippen LogP contribution in [-0.4, -0.2) is 13.0 Å². The Balaban J connectivity index is 1.72. The van der Waals surface area contributed by atoms with E-state index in [1.54, 1.807) is 24.3 Å². The summed E-state index contributed by atoms with van der Waals surface area (Å²) in [7, 11) is 1.74. The van der Waals surface area contributed by atoms with Crippen LogP contribution in [0.15, 0.2) is 71.3 Å². The summed E-state index contributed by atoms with van der Waals surface area (Å²) in [4.78, 5) is 14.4. The first-order valence-corrected chi connectivity index (χ1v) is 8.42. The highest BCUT2D eigenvalue weighted by Crippen LogP contribution is 2.31. The monoisotopic (exact) mass is 349 g/mol. The second-order valence-electron chi connectivity index (χ2n) is 6.00. The first-order valence-electron chi connectivity index (χ1n) is 8.04. The lowest BCUT2D eigenvalue weighted by molar-refractivity contribution is -0.117. The van der Waals surface area contributed by atoms with Gasteiger partial charge in [-0.3, -0.25) is 4.79 Å². The fraction of sp³-hybridized carbons (Fsp3) is 0.0952. The van der Waals surface area contributed by atoms with Crippen molar-refractivity contribution in [1.82, 2.24) is 0 Å².